The number of benzene rings is 2. The number of hydrogen-bond donors (Lipinski definition) is 3. The molecule has 0 spiro atoms. The summed E-state index contributed by atoms with van der Waals surface area (Å²) < 4.78 is 45.6. The average molecular weight is 819 g/mol. The van der Waals surface area contributed by atoms with Gasteiger partial charge in [-0.3, -0.25) is 18.4 Å². The molecule has 0 bridgehead atoms. The Morgan fingerprint density at radius 3 is 1.90 bits per heavy atom. The maximum Gasteiger partial charge on any atom is 1.00 e. The van der Waals surface area contributed by atoms with Crippen LogP contribution < -0.4 is 143 Å². The molecule has 3 N–H and O–H groups in total. The predicted octanol–water partition coefficient (Wildman–Crippen LogP) is -11.2. The van der Waals surface area contributed by atoms with E-state index in [1.165, 1.54) is 6.20 Å². The van der Waals surface area contributed by atoms with Gasteiger partial charge in [-0.1, -0.05) is 84.0 Å². The third-order valence-corrected chi connectivity index (χ3v) is 14.7. The van der Waals surface area contributed by atoms with E-state index < -0.39 is 69.6 Å². The molecule has 1 saturated heterocycles. The topological polar surface area (TPSA) is 249 Å². The van der Waals surface area contributed by atoms with Crippen LogP contribution in [0.5, 0.6) is 0 Å². The minimum Gasteiger partial charge on any atom is -0.808 e. The Bertz CT molecular complexity index is 1860. The number of ether oxygens (including phenoxy) is 1. The van der Waals surface area contributed by atoms with E-state index in [1.54, 1.807) is 0 Å². The van der Waals surface area contributed by atoms with Gasteiger partial charge < -0.3 is 48.2 Å². The van der Waals surface area contributed by atoms with E-state index in [0.717, 1.165) is 26.8 Å². The van der Waals surface area contributed by atoms with E-state index in [2.05, 4.69) is 13.8 Å². The summed E-state index contributed by atoms with van der Waals surface area (Å²) >= 11 is 15.5. The fourth-order valence-corrected chi connectivity index (χ4v) is 9.31. The molecule has 6 atom stereocenters. The van der Waals surface area contributed by atoms with Crippen LogP contribution in [0.3, 0.4) is 0 Å². The SMILES string of the molecule is O=c1[nH]c(=S)c(C2c3ccccc3-c3ccccc32)cn1[C@@H]1O[C@H](COP(=O)([O-])OP(=O)([O-])C(Cl)(Cl)P(=O)([O-])[O-])[C@@H](O)[C@H]1O.[Na+].[Na+].[Na+].[Na+]. The number of phosphoric ester groups is 1. The summed E-state index contributed by atoms with van der Waals surface area (Å²) in [6, 6.07) is 15.1. The Hall–Kier alpha value is 2.45. The summed E-state index contributed by atoms with van der Waals surface area (Å²) in [5.74, 6) is -0.429. The van der Waals surface area contributed by atoms with Gasteiger partial charge in [-0.15, -0.1) is 0 Å². The third-order valence-electron chi connectivity index (χ3n) is 7.01. The van der Waals surface area contributed by atoms with Gasteiger partial charge in [0.05, 0.1) is 6.61 Å². The van der Waals surface area contributed by atoms with Crippen molar-refractivity contribution >= 4 is 58.4 Å². The van der Waals surface area contributed by atoms with Crippen LogP contribution in [-0.2, 0) is 27.3 Å². The number of H-pyrrole nitrogens is 1. The van der Waals surface area contributed by atoms with Crippen LogP contribution in [-0.4, -0.2) is 48.5 Å². The van der Waals surface area contributed by atoms with Crippen LogP contribution in [0.25, 0.3) is 11.1 Å². The zero-order valence-electron chi connectivity index (χ0n) is 25.6. The van der Waals surface area contributed by atoms with Gasteiger partial charge >= 0.3 is 124 Å². The van der Waals surface area contributed by atoms with Gasteiger partial charge in [0.25, 0.3) is 7.82 Å². The van der Waals surface area contributed by atoms with Crippen molar-refractivity contribution in [3.8, 4) is 11.1 Å². The molecule has 1 aromatic heterocycles. The Balaban J connectivity index is 0.00000288. The number of nitrogens with one attached hydrogen (secondary N) is 1. The first-order valence-electron chi connectivity index (χ1n) is 12.3. The first-order chi connectivity index (χ1) is 20.4. The minimum absolute atomic E-state index is 0. The van der Waals surface area contributed by atoms with E-state index in [9.17, 15) is 48.3 Å². The maximum absolute atomic E-state index is 13.0. The fraction of sp³-hybridized carbons (Fsp3) is 0.304. The third kappa shape index (κ3) is 9.63. The number of nitrogens with zero attached hydrogens (tertiary/aromatic N) is 1. The van der Waals surface area contributed by atoms with Crippen LogP contribution in [0.1, 0.15) is 28.8 Å². The molecule has 48 heavy (non-hydrogen) atoms. The van der Waals surface area contributed by atoms with Crippen LogP contribution in [0, 0.1) is 4.64 Å². The van der Waals surface area contributed by atoms with Crippen LogP contribution >= 0.6 is 58.4 Å². The van der Waals surface area contributed by atoms with Crippen LogP contribution in [0.4, 0.5) is 0 Å². The number of alkyl halides is 2. The van der Waals surface area contributed by atoms with Crippen molar-refractivity contribution in [3.63, 3.8) is 0 Å². The first kappa shape index (κ1) is 48.5. The Morgan fingerprint density at radius 2 is 1.40 bits per heavy atom. The first-order valence-corrected chi connectivity index (χ1v) is 18.0. The molecule has 2 aliphatic rings. The number of hydrogen-bond acceptors (Lipinski definition) is 14. The summed E-state index contributed by atoms with van der Waals surface area (Å²) in [5.41, 5.74) is 3.29. The normalized spacial score (nSPS) is 22.8. The Labute approximate surface area is 376 Å². The molecule has 0 radical (unpaired) electrons. The number of rotatable bonds is 9. The molecular formula is C23H19Cl2N2Na4O13P3S. The summed E-state index contributed by atoms with van der Waals surface area (Å²) in [7, 11) is -18.8. The second-order valence-electron chi connectivity index (χ2n) is 9.73. The van der Waals surface area contributed by atoms with Crippen molar-refractivity contribution in [2.75, 3.05) is 6.61 Å². The van der Waals surface area contributed by atoms with Crippen LogP contribution in [0.2, 0.25) is 0 Å². The van der Waals surface area contributed by atoms with Crippen molar-refractivity contribution < 1.29 is 175 Å². The summed E-state index contributed by atoms with van der Waals surface area (Å²) in [6.45, 7) is -1.20. The van der Waals surface area contributed by atoms with Gasteiger partial charge in [0.1, 0.15) is 23.0 Å². The molecule has 1 fully saturated rings. The molecule has 3 aromatic rings. The van der Waals surface area contributed by atoms with E-state index >= 15 is 0 Å². The molecular weight excluding hydrogens is 800 g/mol. The summed E-state index contributed by atoms with van der Waals surface area (Å²) in [6.07, 6.45) is -5.72. The Morgan fingerprint density at radius 1 is 0.896 bits per heavy atom. The van der Waals surface area contributed by atoms with Crippen molar-refractivity contribution in [2.24, 2.45) is 0 Å². The molecule has 2 unspecified atom stereocenters. The molecule has 2 heterocycles. The largest absolute Gasteiger partial charge is 1.00 e. The number of aliphatic hydroxyl groups excluding tert-OH is 2. The van der Waals surface area contributed by atoms with Gasteiger partial charge in [-0.25, -0.2) is 4.79 Å². The number of aromatic amines is 1. The quantitative estimate of drug-likeness (QED) is 0.0615. The summed E-state index contributed by atoms with van der Waals surface area (Å²) in [4.78, 5) is 61.7. The zero-order valence-corrected chi connectivity index (χ0v) is 38.6. The van der Waals surface area contributed by atoms with Crippen LogP contribution in [0.15, 0.2) is 59.5 Å². The predicted molar refractivity (Wildman–Crippen MR) is 149 cm³/mol. The molecule has 2 aromatic carbocycles. The minimum atomic E-state index is -6.38. The van der Waals surface area contributed by atoms with Gasteiger partial charge in [-0.2, -0.15) is 0 Å². The molecule has 0 amide bonds. The molecule has 1 aliphatic heterocycles. The van der Waals surface area contributed by atoms with Crippen molar-refractivity contribution in [2.45, 2.75) is 34.3 Å². The van der Waals surface area contributed by atoms with E-state index in [4.69, 9.17) is 40.2 Å². The molecule has 1 aliphatic carbocycles. The van der Waals surface area contributed by atoms with E-state index in [-0.39, 0.29) is 123 Å². The van der Waals surface area contributed by atoms with E-state index in [0.29, 0.717) is 5.56 Å². The number of fused-ring (bicyclic) bond motifs is 3. The Kier molecular flexibility index (Phi) is 18.6. The maximum atomic E-state index is 13.0. The fourth-order valence-electron chi connectivity index (χ4n) is 5.00. The summed E-state index contributed by atoms with van der Waals surface area (Å²) in [5, 5.41) is 21.2. The molecule has 0 saturated carbocycles. The van der Waals surface area contributed by atoms with Gasteiger partial charge in [0.2, 0.25) is 3.82 Å². The van der Waals surface area contributed by atoms with Crippen molar-refractivity contribution in [3.05, 3.63) is 86.5 Å². The van der Waals surface area contributed by atoms with Gasteiger partial charge in [-0.05, 0) is 29.8 Å². The monoisotopic (exact) mass is 818 g/mol. The zero-order chi connectivity index (χ0) is 32.4. The van der Waals surface area contributed by atoms with Crippen molar-refractivity contribution in [1.29, 1.82) is 0 Å². The molecule has 15 nitrogen and oxygen atoms in total. The average Bonchev–Trinajstić information content (AvgIpc) is 3.40. The van der Waals surface area contributed by atoms with Crippen molar-refractivity contribution in [1.82, 2.24) is 9.55 Å². The molecule has 5 rings (SSSR count). The molecule has 25 heteroatoms. The van der Waals surface area contributed by atoms with Gasteiger partial charge in [0.15, 0.2) is 13.8 Å². The number of aliphatic hydroxyl groups is 2. The standard InChI is InChI=1S/C23H23Cl2N2O13P3S.4Na/c24-23(25,41(31,32)33)42(34,35)40-43(36,37)38-10-16-18(28)19(29)21(39-16)27-9-15(20(44)26-22(27)30)17-13-7-3-1-5-11(13)12-6-2-4-8-14(12)17;;;;/h1-9,16-19,21,28-29H,10H2,(H,34,35)(H,36,37)(H,26,30,44)(H2,31,32,33);;;;/q;4*+1/p-4/t16-,18-,19-,21-;;;;/m1..../s1. The second kappa shape index (κ2) is 18.4. The number of halogens is 2. The second-order valence-corrected chi connectivity index (χ2v) is 18.0. The molecule has 238 valence electrons. The number of aromatic nitrogens is 2. The van der Waals surface area contributed by atoms with E-state index in [1.807, 2.05) is 48.5 Å². The van der Waals surface area contributed by atoms with Gasteiger partial charge in [0, 0.05) is 17.7 Å². The number of phosphoric acid groups is 1. The smallest absolute Gasteiger partial charge is 0.808 e.